The Morgan fingerprint density at radius 1 is 1.00 bits per heavy atom. The topological polar surface area (TPSA) is 162 Å². The molecule has 1 saturated heterocycles. The van der Waals surface area contributed by atoms with Crippen molar-refractivity contribution in [3.05, 3.63) is 83.7 Å². The second-order valence-corrected chi connectivity index (χ2v) is 12.5. The van der Waals surface area contributed by atoms with E-state index in [4.69, 9.17) is 4.74 Å². The predicted octanol–water partition coefficient (Wildman–Crippen LogP) is 2.66. The number of nitrogens with zero attached hydrogens (tertiary/aromatic N) is 2. The normalized spacial score (nSPS) is 21.5. The summed E-state index contributed by atoms with van der Waals surface area (Å²) in [6, 6.07) is 12.4. The number of aromatic nitrogens is 1. The number of likely N-dealkylation sites (tertiary alicyclic amines) is 1. The number of hydrogen-bond acceptors (Lipinski definition) is 8. The minimum absolute atomic E-state index is 0.0453. The van der Waals surface area contributed by atoms with Gasteiger partial charge in [0.1, 0.15) is 35.4 Å². The molecule has 3 aliphatic heterocycles. The minimum Gasteiger partial charge on any atom is -0.507 e. The molecule has 248 valence electrons. The highest BCUT2D eigenvalue weighted by molar-refractivity contribution is 6.00. The Bertz CT molecular complexity index is 1570. The van der Waals surface area contributed by atoms with Crippen molar-refractivity contribution in [1.82, 2.24) is 31.2 Å². The van der Waals surface area contributed by atoms with Crippen LogP contribution in [0, 0.1) is 5.92 Å². The third-order valence-corrected chi connectivity index (χ3v) is 8.50. The number of piperidine rings is 1. The summed E-state index contributed by atoms with van der Waals surface area (Å²) in [7, 11) is 0. The average molecular weight is 643 g/mol. The largest absolute Gasteiger partial charge is 0.507 e. The van der Waals surface area contributed by atoms with Gasteiger partial charge in [-0.2, -0.15) is 0 Å². The van der Waals surface area contributed by atoms with Gasteiger partial charge < -0.3 is 31.1 Å². The summed E-state index contributed by atoms with van der Waals surface area (Å²) in [5.74, 6) is -1.90. The van der Waals surface area contributed by atoms with Crippen molar-refractivity contribution in [2.45, 2.75) is 70.7 Å². The first kappa shape index (κ1) is 33.4. The number of hydrogen-bond donors (Lipinski definition) is 5. The van der Waals surface area contributed by atoms with Crippen molar-refractivity contribution in [3.63, 3.8) is 0 Å². The van der Waals surface area contributed by atoms with Gasteiger partial charge in [-0.25, -0.2) is 0 Å². The molecule has 3 aromatic rings. The zero-order valence-electron chi connectivity index (χ0n) is 26.9. The highest BCUT2D eigenvalue weighted by Crippen LogP contribution is 2.28. The summed E-state index contributed by atoms with van der Waals surface area (Å²) >= 11 is 0. The number of carbonyl (C=O) groups excluding carboxylic acids is 4. The molecule has 3 aliphatic rings. The van der Waals surface area contributed by atoms with E-state index in [1.165, 1.54) is 25.1 Å². The second-order valence-electron chi connectivity index (χ2n) is 12.5. The highest BCUT2D eigenvalue weighted by Gasteiger charge is 2.31. The lowest BCUT2D eigenvalue weighted by atomic mass is 10.0. The van der Waals surface area contributed by atoms with Gasteiger partial charge in [0, 0.05) is 44.5 Å². The summed E-state index contributed by atoms with van der Waals surface area (Å²) in [5.41, 5.74) is 1.87. The number of benzene rings is 2. The summed E-state index contributed by atoms with van der Waals surface area (Å²) in [5, 5.41) is 21.7. The monoisotopic (exact) mass is 642 g/mol. The third-order valence-electron chi connectivity index (χ3n) is 8.50. The Balaban J connectivity index is 1.33. The van der Waals surface area contributed by atoms with Gasteiger partial charge in [0.15, 0.2) is 0 Å². The molecule has 3 atom stereocenters. The lowest BCUT2D eigenvalue weighted by Gasteiger charge is -2.33. The number of amides is 4. The van der Waals surface area contributed by atoms with E-state index < -0.39 is 35.8 Å². The van der Waals surface area contributed by atoms with Gasteiger partial charge in [0.05, 0.1) is 5.56 Å². The van der Waals surface area contributed by atoms with Crippen LogP contribution in [0.5, 0.6) is 17.2 Å². The molecule has 5 N–H and O–H groups in total. The fraction of sp³-hybridized carbons (Fsp3) is 0.400. The molecule has 0 radical (unpaired) electrons. The number of phenols is 1. The lowest BCUT2D eigenvalue weighted by Crippen LogP contribution is -2.58. The van der Waals surface area contributed by atoms with Crippen molar-refractivity contribution in [3.8, 4) is 17.2 Å². The molecule has 0 spiro atoms. The van der Waals surface area contributed by atoms with E-state index in [2.05, 4.69) is 31.2 Å². The number of nitrogens with one attached hydrogen (secondary N) is 4. The molecule has 12 heteroatoms. The van der Waals surface area contributed by atoms with Crippen LogP contribution in [0.25, 0.3) is 0 Å². The van der Waals surface area contributed by atoms with Gasteiger partial charge in [-0.1, -0.05) is 32.0 Å². The predicted molar refractivity (Wildman–Crippen MR) is 175 cm³/mol. The first-order valence-electron chi connectivity index (χ1n) is 16.0. The number of aromatic hydroxyl groups is 1. The fourth-order valence-corrected chi connectivity index (χ4v) is 5.74. The second kappa shape index (κ2) is 15.1. The Morgan fingerprint density at radius 3 is 2.40 bits per heavy atom. The zero-order chi connectivity index (χ0) is 33.5. The smallest absolute Gasteiger partial charge is 0.255 e. The number of pyridine rings is 1. The molecule has 2 aromatic carbocycles. The van der Waals surface area contributed by atoms with Crippen LogP contribution < -0.4 is 26.0 Å². The van der Waals surface area contributed by atoms with Gasteiger partial charge >= 0.3 is 0 Å². The minimum atomic E-state index is -1.00. The molecule has 1 fully saturated rings. The molecule has 4 bridgehead atoms. The molecular formula is C35H42N6O6. The van der Waals surface area contributed by atoms with Crippen LogP contribution in [-0.4, -0.2) is 75.9 Å². The Kier molecular flexibility index (Phi) is 10.7. The van der Waals surface area contributed by atoms with Crippen molar-refractivity contribution >= 4 is 23.6 Å². The molecule has 12 nitrogen and oxygen atoms in total. The summed E-state index contributed by atoms with van der Waals surface area (Å²) in [6.07, 6.45) is 5.37. The maximum absolute atomic E-state index is 13.7. The lowest BCUT2D eigenvalue weighted by molar-refractivity contribution is -0.132. The fourth-order valence-electron chi connectivity index (χ4n) is 5.74. The molecule has 0 unspecified atom stereocenters. The van der Waals surface area contributed by atoms with Crippen LogP contribution in [0.4, 0.5) is 0 Å². The first-order valence-corrected chi connectivity index (χ1v) is 16.0. The number of ether oxygens (including phenoxy) is 1. The van der Waals surface area contributed by atoms with Crippen molar-refractivity contribution in [2.75, 3.05) is 13.1 Å². The standard InChI is InChI=1S/C35H42N6O6/c1-21(2)31-35(46)37-22(3)32(43)39-29(34(45)38-25-12-15-41(16-13-25)20-24-5-4-14-36-19-24)17-23-6-8-26(9-7-23)47-27-10-11-30(42)28(18-27)33(44)40-31/h4-11,14,18-19,21-22,25,29,31,42H,12-13,15-17,20H2,1-3H3,(H,37,46)(H,38,45)(H,39,43)(H,40,44)/t22-,29+,31-/m0/s1. The molecule has 4 heterocycles. The van der Waals surface area contributed by atoms with Crippen LogP contribution in [0.2, 0.25) is 0 Å². The van der Waals surface area contributed by atoms with E-state index in [0.717, 1.165) is 43.6 Å². The van der Waals surface area contributed by atoms with Crippen LogP contribution >= 0.6 is 0 Å². The third kappa shape index (κ3) is 8.85. The van der Waals surface area contributed by atoms with E-state index >= 15 is 0 Å². The molecule has 0 saturated carbocycles. The van der Waals surface area contributed by atoms with Crippen LogP contribution in [0.1, 0.15) is 55.1 Å². The highest BCUT2D eigenvalue weighted by atomic mass is 16.5. The molecule has 47 heavy (non-hydrogen) atoms. The van der Waals surface area contributed by atoms with Gasteiger partial charge in [-0.15, -0.1) is 0 Å². The van der Waals surface area contributed by atoms with Gasteiger partial charge in [0.25, 0.3) is 5.91 Å². The van der Waals surface area contributed by atoms with Gasteiger partial charge in [0.2, 0.25) is 17.7 Å². The van der Waals surface area contributed by atoms with E-state index in [-0.39, 0.29) is 35.6 Å². The zero-order valence-corrected chi connectivity index (χ0v) is 26.9. The van der Waals surface area contributed by atoms with Crippen LogP contribution in [-0.2, 0) is 27.3 Å². The van der Waals surface area contributed by atoms with E-state index in [1.54, 1.807) is 44.3 Å². The Hall–Kier alpha value is -4.97. The summed E-state index contributed by atoms with van der Waals surface area (Å²) in [4.78, 5) is 60.0. The number of fused-ring (bicyclic) bond motifs is 11. The van der Waals surface area contributed by atoms with E-state index in [1.807, 2.05) is 18.3 Å². The number of phenolic OH excluding ortho intramolecular Hbond substituents is 1. The molecule has 6 rings (SSSR count). The Labute approximate surface area is 274 Å². The summed E-state index contributed by atoms with van der Waals surface area (Å²) < 4.78 is 5.94. The molecule has 0 aliphatic carbocycles. The van der Waals surface area contributed by atoms with Crippen molar-refractivity contribution in [2.24, 2.45) is 5.92 Å². The average Bonchev–Trinajstić information content (AvgIpc) is 3.05. The van der Waals surface area contributed by atoms with Crippen molar-refractivity contribution < 1.29 is 29.0 Å². The van der Waals surface area contributed by atoms with Crippen LogP contribution in [0.15, 0.2) is 67.0 Å². The van der Waals surface area contributed by atoms with Crippen LogP contribution in [0.3, 0.4) is 0 Å². The maximum atomic E-state index is 13.7. The van der Waals surface area contributed by atoms with Crippen molar-refractivity contribution in [1.29, 1.82) is 0 Å². The Morgan fingerprint density at radius 2 is 1.72 bits per heavy atom. The van der Waals surface area contributed by atoms with E-state index in [9.17, 15) is 24.3 Å². The van der Waals surface area contributed by atoms with Gasteiger partial charge in [-0.05, 0) is 73.2 Å². The molecule has 4 amide bonds. The van der Waals surface area contributed by atoms with Gasteiger partial charge in [-0.3, -0.25) is 29.1 Å². The quantitative estimate of drug-likeness (QED) is 0.266. The van der Waals surface area contributed by atoms with E-state index in [0.29, 0.717) is 11.5 Å². The first-order chi connectivity index (χ1) is 22.5. The SMILES string of the molecule is CC(C)[C@@H]1NC(=O)c2cc(ccc2O)Oc2ccc(cc2)C[C@H](C(=O)NC2CCN(Cc3cccnc3)CC2)NC(=O)[C@H](C)NC1=O. The summed E-state index contributed by atoms with van der Waals surface area (Å²) in [6.45, 7) is 7.47. The molecular weight excluding hydrogens is 600 g/mol. The number of carbonyl (C=O) groups is 4. The number of rotatable bonds is 5. The maximum Gasteiger partial charge on any atom is 0.255 e. The molecule has 1 aromatic heterocycles.